The van der Waals surface area contributed by atoms with Gasteiger partial charge in [0.05, 0.1) is 5.56 Å². The van der Waals surface area contributed by atoms with Gasteiger partial charge in [-0.15, -0.1) is 0 Å². The van der Waals surface area contributed by atoms with Crippen molar-refractivity contribution in [3.05, 3.63) is 71.8 Å². The molecule has 0 spiro atoms. The fraction of sp³-hybridized carbons (Fsp3) is 0.125. The molecule has 2 aromatic carbocycles. The van der Waals surface area contributed by atoms with Gasteiger partial charge in [-0.2, -0.15) is 13.2 Å². The number of halogens is 3. The summed E-state index contributed by atoms with van der Waals surface area (Å²) < 4.78 is 42.4. The molecule has 2 rings (SSSR count). The molecule has 0 amide bonds. The van der Waals surface area contributed by atoms with Crippen LogP contribution in [0.1, 0.15) is 11.1 Å². The molecule has 0 unspecified atom stereocenters. The second-order valence-corrected chi connectivity index (χ2v) is 4.15. The summed E-state index contributed by atoms with van der Waals surface area (Å²) in [5.74, 6) is 0.413. The maximum atomic E-state index is 12.4. The van der Waals surface area contributed by atoms with E-state index in [0.29, 0.717) is 12.4 Å². The van der Waals surface area contributed by atoms with E-state index >= 15 is 0 Å². The van der Waals surface area contributed by atoms with Crippen LogP contribution < -0.4 is 4.74 Å². The molecule has 2 aromatic rings. The van der Waals surface area contributed by atoms with Crippen molar-refractivity contribution < 1.29 is 17.9 Å². The Morgan fingerprint density at radius 1 is 0.900 bits per heavy atom. The molecule has 1 nitrogen and oxygen atoms in total. The standard InChI is InChI=1S/C16H13F3O/c17-16(18,19)14-8-10-15(11-9-14)20-12-4-7-13-5-2-1-3-6-13/h1-11H,12H2/b7-4+. The summed E-state index contributed by atoms with van der Waals surface area (Å²) >= 11 is 0. The topological polar surface area (TPSA) is 9.23 Å². The van der Waals surface area contributed by atoms with Crippen LogP contribution in [0.5, 0.6) is 5.75 Å². The van der Waals surface area contributed by atoms with E-state index in [4.69, 9.17) is 4.74 Å². The van der Waals surface area contributed by atoms with Crippen LogP contribution in [0.15, 0.2) is 60.7 Å². The zero-order chi connectivity index (χ0) is 14.4. The molecule has 0 fully saturated rings. The molecular formula is C16H13F3O. The lowest BCUT2D eigenvalue weighted by Gasteiger charge is -2.07. The van der Waals surface area contributed by atoms with E-state index in [1.54, 1.807) is 0 Å². The largest absolute Gasteiger partial charge is 0.490 e. The van der Waals surface area contributed by atoms with Gasteiger partial charge < -0.3 is 4.74 Å². The lowest BCUT2D eigenvalue weighted by molar-refractivity contribution is -0.137. The van der Waals surface area contributed by atoms with E-state index in [2.05, 4.69) is 0 Å². The van der Waals surface area contributed by atoms with Crippen molar-refractivity contribution in [1.82, 2.24) is 0 Å². The zero-order valence-corrected chi connectivity index (χ0v) is 10.6. The van der Waals surface area contributed by atoms with Crippen molar-refractivity contribution in [2.75, 3.05) is 6.61 Å². The minimum atomic E-state index is -4.31. The Hall–Kier alpha value is -2.23. The summed E-state index contributed by atoms with van der Waals surface area (Å²) in [4.78, 5) is 0. The van der Waals surface area contributed by atoms with Crippen LogP contribution in [0.2, 0.25) is 0 Å². The third-order valence-corrected chi connectivity index (χ3v) is 2.64. The van der Waals surface area contributed by atoms with Crippen LogP contribution in [0.4, 0.5) is 13.2 Å². The highest BCUT2D eigenvalue weighted by Crippen LogP contribution is 2.30. The molecule has 0 bridgehead atoms. The molecular weight excluding hydrogens is 265 g/mol. The first-order chi connectivity index (χ1) is 9.55. The third-order valence-electron chi connectivity index (χ3n) is 2.64. The molecule has 0 aromatic heterocycles. The Morgan fingerprint density at radius 3 is 2.15 bits per heavy atom. The normalized spacial score (nSPS) is 11.8. The van der Waals surface area contributed by atoms with Crippen molar-refractivity contribution in [2.45, 2.75) is 6.18 Å². The SMILES string of the molecule is FC(F)(F)c1ccc(OC/C=C/c2ccccc2)cc1. The molecule has 0 aliphatic carbocycles. The summed E-state index contributed by atoms with van der Waals surface area (Å²) in [7, 11) is 0. The van der Waals surface area contributed by atoms with Crippen LogP contribution in [0, 0.1) is 0 Å². The van der Waals surface area contributed by atoms with E-state index in [1.807, 2.05) is 42.5 Å². The first kappa shape index (κ1) is 14.2. The van der Waals surface area contributed by atoms with Gasteiger partial charge in [-0.05, 0) is 35.9 Å². The number of hydrogen-bond acceptors (Lipinski definition) is 1. The highest BCUT2D eigenvalue weighted by molar-refractivity contribution is 5.48. The maximum Gasteiger partial charge on any atom is 0.416 e. The first-order valence-corrected chi connectivity index (χ1v) is 6.07. The van der Waals surface area contributed by atoms with Gasteiger partial charge in [-0.25, -0.2) is 0 Å². The summed E-state index contributed by atoms with van der Waals surface area (Å²) in [6.45, 7) is 0.306. The predicted molar refractivity (Wildman–Crippen MR) is 72.4 cm³/mol. The Kier molecular flexibility index (Phi) is 4.45. The number of ether oxygens (including phenoxy) is 1. The molecule has 0 N–H and O–H groups in total. The molecule has 0 atom stereocenters. The minimum absolute atomic E-state index is 0.306. The minimum Gasteiger partial charge on any atom is -0.490 e. The molecule has 0 aliphatic rings. The number of hydrogen-bond donors (Lipinski definition) is 0. The second kappa shape index (κ2) is 6.28. The molecule has 0 heterocycles. The quantitative estimate of drug-likeness (QED) is 0.780. The average molecular weight is 278 g/mol. The highest BCUT2D eigenvalue weighted by atomic mass is 19.4. The molecule has 0 aliphatic heterocycles. The Labute approximate surface area is 115 Å². The predicted octanol–water partition coefficient (Wildman–Crippen LogP) is 4.80. The van der Waals surface area contributed by atoms with Gasteiger partial charge in [0.25, 0.3) is 0 Å². The summed E-state index contributed by atoms with van der Waals surface area (Å²) in [6, 6.07) is 14.3. The molecule has 104 valence electrons. The number of alkyl halides is 3. The summed E-state index contributed by atoms with van der Waals surface area (Å²) in [6.07, 6.45) is -0.608. The average Bonchev–Trinajstić information content (AvgIpc) is 2.44. The second-order valence-electron chi connectivity index (χ2n) is 4.15. The maximum absolute atomic E-state index is 12.4. The fourth-order valence-corrected chi connectivity index (χ4v) is 1.63. The Balaban J connectivity index is 1.87. The van der Waals surface area contributed by atoms with E-state index in [-0.39, 0.29) is 0 Å². The van der Waals surface area contributed by atoms with E-state index in [0.717, 1.165) is 17.7 Å². The van der Waals surface area contributed by atoms with Crippen molar-refractivity contribution >= 4 is 6.08 Å². The number of rotatable bonds is 4. The highest BCUT2D eigenvalue weighted by Gasteiger charge is 2.29. The van der Waals surface area contributed by atoms with Crippen LogP contribution in [0.25, 0.3) is 6.08 Å². The van der Waals surface area contributed by atoms with E-state index in [1.165, 1.54) is 12.1 Å². The molecule has 20 heavy (non-hydrogen) atoms. The Morgan fingerprint density at radius 2 is 1.55 bits per heavy atom. The van der Waals surface area contributed by atoms with Crippen molar-refractivity contribution in [2.24, 2.45) is 0 Å². The third kappa shape index (κ3) is 4.16. The van der Waals surface area contributed by atoms with Gasteiger partial charge >= 0.3 is 6.18 Å². The van der Waals surface area contributed by atoms with Gasteiger partial charge in [-0.1, -0.05) is 36.4 Å². The summed E-state index contributed by atoms with van der Waals surface area (Å²) in [5.41, 5.74) is 0.369. The van der Waals surface area contributed by atoms with Crippen LogP contribution in [0.3, 0.4) is 0 Å². The van der Waals surface area contributed by atoms with Gasteiger partial charge in [-0.3, -0.25) is 0 Å². The molecule has 0 saturated carbocycles. The monoisotopic (exact) mass is 278 g/mol. The number of benzene rings is 2. The van der Waals surface area contributed by atoms with Crippen LogP contribution in [-0.2, 0) is 6.18 Å². The molecule has 0 radical (unpaired) electrons. The first-order valence-electron chi connectivity index (χ1n) is 6.07. The van der Waals surface area contributed by atoms with Crippen molar-refractivity contribution in [3.63, 3.8) is 0 Å². The molecule has 0 saturated heterocycles. The zero-order valence-electron chi connectivity index (χ0n) is 10.6. The van der Waals surface area contributed by atoms with E-state index < -0.39 is 11.7 Å². The van der Waals surface area contributed by atoms with E-state index in [9.17, 15) is 13.2 Å². The summed E-state index contributed by atoms with van der Waals surface area (Å²) in [5, 5.41) is 0. The smallest absolute Gasteiger partial charge is 0.416 e. The van der Waals surface area contributed by atoms with Gasteiger partial charge in [0.2, 0.25) is 0 Å². The lowest BCUT2D eigenvalue weighted by Crippen LogP contribution is -2.04. The van der Waals surface area contributed by atoms with Crippen LogP contribution in [-0.4, -0.2) is 6.61 Å². The molecule has 4 heteroatoms. The fourth-order valence-electron chi connectivity index (χ4n) is 1.63. The van der Waals surface area contributed by atoms with Gasteiger partial charge in [0.1, 0.15) is 12.4 Å². The van der Waals surface area contributed by atoms with Crippen molar-refractivity contribution in [1.29, 1.82) is 0 Å². The van der Waals surface area contributed by atoms with Crippen LogP contribution >= 0.6 is 0 Å². The Bertz CT molecular complexity index is 557. The van der Waals surface area contributed by atoms with Gasteiger partial charge in [0, 0.05) is 0 Å². The lowest BCUT2D eigenvalue weighted by atomic mass is 10.2. The van der Waals surface area contributed by atoms with Crippen molar-refractivity contribution in [3.8, 4) is 5.75 Å². The van der Waals surface area contributed by atoms with Gasteiger partial charge in [0.15, 0.2) is 0 Å².